The number of allylic oxidation sites excluding steroid dienone is 7. The molecule has 5 aromatic carbocycles. The van der Waals surface area contributed by atoms with Crippen molar-refractivity contribution in [1.29, 1.82) is 0 Å². The lowest BCUT2D eigenvalue weighted by Crippen LogP contribution is -2.16. The fraction of sp³-hybridized carbons (Fsp3) is 0.250. The van der Waals surface area contributed by atoms with Crippen LogP contribution >= 0.6 is 0 Å². The maximum Gasteiger partial charge on any atom is 0.119 e. The van der Waals surface area contributed by atoms with Gasteiger partial charge in [-0.2, -0.15) is 0 Å². The van der Waals surface area contributed by atoms with Crippen LogP contribution < -0.4 is 10.1 Å². The zero-order chi connectivity index (χ0) is 34.5. The molecule has 252 valence electrons. The second-order valence-corrected chi connectivity index (χ2v) is 13.7. The Hall–Kier alpha value is -5.08. The highest BCUT2D eigenvalue weighted by Gasteiger charge is 2.19. The first kappa shape index (κ1) is 33.4. The van der Waals surface area contributed by atoms with E-state index < -0.39 is 0 Å². The van der Waals surface area contributed by atoms with Crippen molar-refractivity contribution in [3.8, 4) is 5.75 Å². The van der Waals surface area contributed by atoms with Gasteiger partial charge in [0.05, 0.1) is 6.61 Å². The van der Waals surface area contributed by atoms with Crippen molar-refractivity contribution >= 4 is 49.7 Å². The van der Waals surface area contributed by atoms with E-state index in [1.165, 1.54) is 77.6 Å². The van der Waals surface area contributed by atoms with Crippen molar-refractivity contribution in [3.63, 3.8) is 0 Å². The summed E-state index contributed by atoms with van der Waals surface area (Å²) in [6, 6.07) is 35.3. The zero-order valence-corrected chi connectivity index (χ0v) is 30.0. The van der Waals surface area contributed by atoms with Crippen molar-refractivity contribution in [1.82, 2.24) is 4.57 Å². The van der Waals surface area contributed by atoms with E-state index in [0.29, 0.717) is 0 Å². The molecule has 2 heteroatoms. The van der Waals surface area contributed by atoms with Gasteiger partial charge in [0.25, 0.3) is 0 Å². The Morgan fingerprint density at radius 3 is 2.28 bits per heavy atom. The largest absolute Gasteiger partial charge is 0.494 e. The third-order valence-electron chi connectivity index (χ3n) is 10.3. The van der Waals surface area contributed by atoms with Crippen LogP contribution in [0.5, 0.6) is 5.75 Å². The van der Waals surface area contributed by atoms with Crippen molar-refractivity contribution in [3.05, 3.63) is 155 Å². The fourth-order valence-corrected chi connectivity index (χ4v) is 7.72. The van der Waals surface area contributed by atoms with Crippen LogP contribution in [-0.2, 0) is 6.54 Å². The van der Waals surface area contributed by atoms with E-state index in [4.69, 9.17) is 4.74 Å². The van der Waals surface area contributed by atoms with Gasteiger partial charge in [0, 0.05) is 28.2 Å². The third-order valence-corrected chi connectivity index (χ3v) is 10.3. The lowest BCUT2D eigenvalue weighted by molar-refractivity contribution is 0.309. The Morgan fingerprint density at radius 1 is 0.780 bits per heavy atom. The number of nitrogens with zero attached hydrogens (tertiary/aromatic N) is 1. The van der Waals surface area contributed by atoms with Crippen molar-refractivity contribution < 1.29 is 4.74 Å². The van der Waals surface area contributed by atoms with Gasteiger partial charge < -0.3 is 9.30 Å². The molecule has 0 fully saturated rings. The number of hydrogen-bond donors (Lipinski definition) is 0. The van der Waals surface area contributed by atoms with Crippen LogP contribution in [0, 0.1) is 6.92 Å². The maximum atomic E-state index is 6.06. The minimum absolute atomic E-state index is 0.755. The number of benzene rings is 5. The average Bonchev–Trinajstić information content (AvgIpc) is 3.45. The highest BCUT2D eigenvalue weighted by Crippen LogP contribution is 2.39. The molecule has 0 unspecified atom stereocenters. The third kappa shape index (κ3) is 6.72. The summed E-state index contributed by atoms with van der Waals surface area (Å²) in [6.45, 7) is 13.0. The van der Waals surface area contributed by atoms with Crippen LogP contribution in [0.3, 0.4) is 0 Å². The predicted octanol–water partition coefficient (Wildman–Crippen LogP) is 12.6. The number of aryl methyl sites for hydroxylation is 2. The van der Waals surface area contributed by atoms with Gasteiger partial charge in [0.1, 0.15) is 5.75 Å². The minimum Gasteiger partial charge on any atom is -0.494 e. The fourth-order valence-electron chi connectivity index (χ4n) is 7.72. The maximum absolute atomic E-state index is 6.06. The van der Waals surface area contributed by atoms with E-state index in [9.17, 15) is 0 Å². The van der Waals surface area contributed by atoms with Crippen molar-refractivity contribution in [2.24, 2.45) is 0 Å². The molecule has 0 spiro atoms. The summed E-state index contributed by atoms with van der Waals surface area (Å²) in [5.74, 6) is 0.937. The Morgan fingerprint density at radius 2 is 1.50 bits per heavy atom. The molecule has 1 aromatic heterocycles. The highest BCUT2D eigenvalue weighted by molar-refractivity contribution is 6.10. The number of rotatable bonds is 12. The summed E-state index contributed by atoms with van der Waals surface area (Å²) in [6.07, 6.45) is 17.1. The number of aromatic nitrogens is 1. The first-order valence-corrected chi connectivity index (χ1v) is 18.6. The average molecular weight is 656 g/mol. The van der Waals surface area contributed by atoms with E-state index in [-0.39, 0.29) is 0 Å². The first-order valence-electron chi connectivity index (χ1n) is 18.6. The van der Waals surface area contributed by atoms with Gasteiger partial charge in [-0.3, -0.25) is 0 Å². The summed E-state index contributed by atoms with van der Waals surface area (Å²) in [5.41, 5.74) is 10.2. The second-order valence-electron chi connectivity index (χ2n) is 13.7. The molecule has 50 heavy (non-hydrogen) atoms. The molecule has 1 aliphatic rings. The topological polar surface area (TPSA) is 14.2 Å². The van der Waals surface area contributed by atoms with Gasteiger partial charge in [-0.25, -0.2) is 0 Å². The Labute approximate surface area is 297 Å². The smallest absolute Gasteiger partial charge is 0.119 e. The molecular formula is C48H49NO. The SMILES string of the molecule is C=C(/C=C/C1=C(c2ccc(OCCCC)cc2)C(=C/C=c2\c3cccc4cccc(c43)n2CCCC)/CCC1)c1cccc2cccc(C)c12. The van der Waals surface area contributed by atoms with Crippen LogP contribution in [0.25, 0.3) is 49.7 Å². The Balaban J connectivity index is 1.35. The minimum atomic E-state index is 0.755. The summed E-state index contributed by atoms with van der Waals surface area (Å²) < 4.78 is 8.61. The monoisotopic (exact) mass is 655 g/mol. The number of unbranched alkanes of at least 4 members (excludes halogenated alkanes) is 2. The van der Waals surface area contributed by atoms with Gasteiger partial charge in [-0.05, 0) is 118 Å². The van der Waals surface area contributed by atoms with Gasteiger partial charge in [0.2, 0.25) is 0 Å². The van der Waals surface area contributed by atoms with Crippen molar-refractivity contribution in [2.75, 3.05) is 6.61 Å². The molecule has 6 aromatic rings. The summed E-state index contributed by atoms with van der Waals surface area (Å²) in [7, 11) is 0. The molecule has 0 amide bonds. The van der Waals surface area contributed by atoms with E-state index >= 15 is 0 Å². The highest BCUT2D eigenvalue weighted by atomic mass is 16.5. The number of hydrogen-bond acceptors (Lipinski definition) is 1. The normalized spacial score (nSPS) is 15.0. The van der Waals surface area contributed by atoms with Gasteiger partial charge >= 0.3 is 0 Å². The molecule has 0 bridgehead atoms. The van der Waals surface area contributed by atoms with Crippen LogP contribution in [0.4, 0.5) is 0 Å². The van der Waals surface area contributed by atoms with Crippen LogP contribution in [-0.4, -0.2) is 11.2 Å². The summed E-state index contributed by atoms with van der Waals surface area (Å²) >= 11 is 0. The van der Waals surface area contributed by atoms with Gasteiger partial charge in [0.15, 0.2) is 0 Å². The van der Waals surface area contributed by atoms with E-state index in [2.05, 4.69) is 153 Å². The molecule has 1 heterocycles. The molecule has 1 aliphatic carbocycles. The van der Waals surface area contributed by atoms with Crippen LogP contribution in [0.1, 0.15) is 75.5 Å². The predicted molar refractivity (Wildman–Crippen MR) is 217 cm³/mol. The molecule has 0 atom stereocenters. The van der Waals surface area contributed by atoms with Crippen LogP contribution in [0.15, 0.2) is 133 Å². The van der Waals surface area contributed by atoms with Crippen LogP contribution in [0.2, 0.25) is 0 Å². The van der Waals surface area contributed by atoms with Gasteiger partial charge in [-0.15, -0.1) is 0 Å². The molecule has 0 N–H and O–H groups in total. The molecule has 7 rings (SSSR count). The molecule has 0 saturated carbocycles. The van der Waals surface area contributed by atoms with E-state index in [0.717, 1.165) is 63.0 Å². The van der Waals surface area contributed by atoms with Crippen molar-refractivity contribution in [2.45, 2.75) is 72.3 Å². The molecular weight excluding hydrogens is 607 g/mol. The Bertz CT molecular complexity index is 2300. The summed E-state index contributed by atoms with van der Waals surface area (Å²) in [5, 5.41) is 7.87. The van der Waals surface area contributed by atoms with E-state index in [1.807, 2.05) is 0 Å². The standard InChI is InChI=1S/C48H49NO/c1-5-7-32-49-44(43-22-12-19-37-20-13-23-45(49)48(37)43)31-28-39-17-10-16-38(47(39)40-26-29-41(30-27-40)50-33-8-6-2)25-24-34(3)42-21-11-18-36-15-9-14-35(4)46(36)42/h9,11-15,18-31H,3,5-8,10,16-17,32-33H2,1-2,4H3/b25-24+,39-28+,44-31+. The molecule has 0 saturated heterocycles. The molecule has 0 radical (unpaired) electrons. The Kier molecular flexibility index (Phi) is 10.2. The lowest BCUT2D eigenvalue weighted by atomic mass is 9.82. The number of ether oxygens (including phenoxy) is 1. The quantitative estimate of drug-likeness (QED) is 0.0945. The lowest BCUT2D eigenvalue weighted by Gasteiger charge is -2.22. The zero-order valence-electron chi connectivity index (χ0n) is 30.0. The van der Waals surface area contributed by atoms with Gasteiger partial charge in [-0.1, -0.05) is 130 Å². The number of fused-ring (bicyclic) bond motifs is 1. The van der Waals surface area contributed by atoms with E-state index in [1.54, 1.807) is 0 Å². The molecule has 2 nitrogen and oxygen atoms in total. The first-order chi connectivity index (χ1) is 24.6. The second kappa shape index (κ2) is 15.2. The molecule has 0 aliphatic heterocycles. The summed E-state index contributed by atoms with van der Waals surface area (Å²) in [4.78, 5) is 0.